The molecule has 0 aliphatic carbocycles. The molecule has 9 heteroatoms. The van der Waals surface area contributed by atoms with Gasteiger partial charge in [0.05, 0.1) is 23.9 Å². The number of aromatic amines is 1. The van der Waals surface area contributed by atoms with Gasteiger partial charge in [-0.3, -0.25) is 9.59 Å². The minimum absolute atomic E-state index is 0.857. The van der Waals surface area contributed by atoms with E-state index in [2.05, 4.69) is 40.3 Å². The van der Waals surface area contributed by atoms with E-state index < -0.39 is 36.4 Å². The molecular formula is C20H20N2O7. The lowest BCUT2D eigenvalue weighted by Gasteiger charge is -2.18. The predicted octanol–water partition coefficient (Wildman–Crippen LogP) is 1.91. The molecule has 0 aliphatic heterocycles. The highest BCUT2D eigenvalue weighted by Crippen LogP contribution is 2.16. The Bertz CT molecular complexity index is 949. The van der Waals surface area contributed by atoms with Crippen LogP contribution in [0.3, 0.4) is 0 Å². The van der Waals surface area contributed by atoms with Gasteiger partial charge in [0.2, 0.25) is 0 Å². The Morgan fingerprint density at radius 2 is 1.41 bits per heavy atom. The highest BCUT2D eigenvalue weighted by molar-refractivity contribution is 5.88. The summed E-state index contributed by atoms with van der Waals surface area (Å²) in [6, 6.07) is 18.5. The normalized spacial score (nSPS) is 10.8. The largest absolute Gasteiger partial charge is 0.481 e. The SMILES string of the molecule is O=C(O)CC(O)(CC(=O)O)C(=O)O.c1ccc(Cc2nc3ccccc3[nH]2)cc1. The topological polar surface area (TPSA) is 161 Å². The standard InChI is InChI=1S/C14H12N2.C6H8O7/c1-2-6-11(7-3-1)10-14-15-12-8-4-5-9-13(12)16-14;7-3(8)1-6(13,5(11)12)2-4(9)10/h1-9H,10H2,(H,15,16);13H,1-2H2,(H,7,8)(H,9,10)(H,11,12). The average molecular weight is 400 g/mol. The fourth-order valence-electron chi connectivity index (χ4n) is 2.59. The van der Waals surface area contributed by atoms with Gasteiger partial charge in [-0.1, -0.05) is 42.5 Å². The molecule has 0 amide bonds. The summed E-state index contributed by atoms with van der Waals surface area (Å²) >= 11 is 0. The third kappa shape index (κ3) is 6.43. The van der Waals surface area contributed by atoms with Crippen molar-refractivity contribution in [2.75, 3.05) is 0 Å². The summed E-state index contributed by atoms with van der Waals surface area (Å²) < 4.78 is 0. The molecule has 152 valence electrons. The van der Waals surface area contributed by atoms with Crippen molar-refractivity contribution in [3.05, 3.63) is 66.0 Å². The number of aromatic nitrogens is 2. The van der Waals surface area contributed by atoms with E-state index in [1.54, 1.807) is 0 Å². The minimum Gasteiger partial charge on any atom is -0.481 e. The van der Waals surface area contributed by atoms with Crippen LogP contribution in [0.15, 0.2) is 54.6 Å². The van der Waals surface area contributed by atoms with Gasteiger partial charge in [-0.15, -0.1) is 0 Å². The number of para-hydroxylation sites is 2. The van der Waals surface area contributed by atoms with Crippen LogP contribution < -0.4 is 0 Å². The molecule has 9 nitrogen and oxygen atoms in total. The monoisotopic (exact) mass is 400 g/mol. The van der Waals surface area contributed by atoms with Gasteiger partial charge in [-0.2, -0.15) is 0 Å². The van der Waals surface area contributed by atoms with Crippen LogP contribution >= 0.6 is 0 Å². The molecule has 2 aromatic carbocycles. The number of carbonyl (C=O) groups is 3. The summed E-state index contributed by atoms with van der Waals surface area (Å²) in [5.74, 6) is -4.00. The maximum atomic E-state index is 10.3. The molecule has 1 aromatic heterocycles. The Hall–Kier alpha value is -3.72. The number of aliphatic carboxylic acids is 3. The molecule has 0 fully saturated rings. The van der Waals surface area contributed by atoms with Crippen molar-refractivity contribution >= 4 is 28.9 Å². The van der Waals surface area contributed by atoms with Crippen molar-refractivity contribution in [3.63, 3.8) is 0 Å². The highest BCUT2D eigenvalue weighted by Gasteiger charge is 2.40. The van der Waals surface area contributed by atoms with E-state index in [0.717, 1.165) is 23.3 Å². The first-order chi connectivity index (χ1) is 13.7. The third-order valence-corrected chi connectivity index (χ3v) is 3.94. The number of nitrogens with zero attached hydrogens (tertiary/aromatic N) is 1. The molecule has 0 radical (unpaired) electrons. The fraction of sp³-hybridized carbons (Fsp3) is 0.200. The van der Waals surface area contributed by atoms with Crippen LogP contribution in [0.5, 0.6) is 0 Å². The molecular weight excluding hydrogens is 380 g/mol. The first kappa shape index (κ1) is 21.6. The van der Waals surface area contributed by atoms with E-state index in [1.165, 1.54) is 5.56 Å². The van der Waals surface area contributed by atoms with Crippen LogP contribution in [0.2, 0.25) is 0 Å². The van der Waals surface area contributed by atoms with Crippen LogP contribution in [-0.4, -0.2) is 53.9 Å². The van der Waals surface area contributed by atoms with Crippen molar-refractivity contribution in [3.8, 4) is 0 Å². The smallest absolute Gasteiger partial charge is 0.336 e. The molecule has 0 unspecified atom stereocenters. The molecule has 0 aliphatic rings. The summed E-state index contributed by atoms with van der Waals surface area (Å²) in [6.45, 7) is 0. The molecule has 29 heavy (non-hydrogen) atoms. The lowest BCUT2D eigenvalue weighted by Crippen LogP contribution is -2.42. The van der Waals surface area contributed by atoms with E-state index in [-0.39, 0.29) is 0 Å². The summed E-state index contributed by atoms with van der Waals surface area (Å²) in [4.78, 5) is 38.4. The molecule has 0 saturated heterocycles. The molecule has 3 rings (SSSR count). The van der Waals surface area contributed by atoms with E-state index in [9.17, 15) is 14.4 Å². The maximum Gasteiger partial charge on any atom is 0.336 e. The van der Waals surface area contributed by atoms with Crippen molar-refractivity contribution in [2.45, 2.75) is 24.9 Å². The Balaban J connectivity index is 0.000000213. The van der Waals surface area contributed by atoms with Gasteiger partial charge in [0.1, 0.15) is 5.82 Å². The Labute approximate surface area is 165 Å². The van der Waals surface area contributed by atoms with Crippen LogP contribution in [0.4, 0.5) is 0 Å². The zero-order chi connectivity index (χ0) is 21.4. The number of carboxylic acid groups (broad SMARTS) is 3. The van der Waals surface area contributed by atoms with Crippen molar-refractivity contribution in [2.24, 2.45) is 0 Å². The van der Waals surface area contributed by atoms with E-state index in [0.29, 0.717) is 0 Å². The second kappa shape index (κ2) is 9.47. The van der Waals surface area contributed by atoms with Crippen molar-refractivity contribution < 1.29 is 34.8 Å². The second-order valence-electron chi connectivity index (χ2n) is 6.34. The number of hydrogen-bond acceptors (Lipinski definition) is 5. The molecule has 1 heterocycles. The predicted molar refractivity (Wildman–Crippen MR) is 102 cm³/mol. The quantitative estimate of drug-likeness (QED) is 0.402. The van der Waals surface area contributed by atoms with Crippen molar-refractivity contribution in [1.82, 2.24) is 9.97 Å². The minimum atomic E-state index is -2.74. The van der Waals surface area contributed by atoms with Gasteiger partial charge < -0.3 is 25.4 Å². The Morgan fingerprint density at radius 1 is 0.862 bits per heavy atom. The molecule has 0 spiro atoms. The average Bonchev–Trinajstić information content (AvgIpc) is 3.04. The maximum absolute atomic E-state index is 10.3. The van der Waals surface area contributed by atoms with E-state index in [4.69, 9.17) is 20.4 Å². The zero-order valence-electron chi connectivity index (χ0n) is 15.3. The molecule has 5 N–H and O–H groups in total. The number of rotatable bonds is 7. The summed E-state index contributed by atoms with van der Waals surface area (Å²) in [7, 11) is 0. The summed E-state index contributed by atoms with van der Waals surface area (Å²) in [6.07, 6.45) is -1.43. The number of carboxylic acids is 3. The number of aliphatic hydroxyl groups is 1. The lowest BCUT2D eigenvalue weighted by molar-refractivity contribution is -0.170. The van der Waals surface area contributed by atoms with Crippen molar-refractivity contribution in [1.29, 1.82) is 0 Å². The van der Waals surface area contributed by atoms with Crippen LogP contribution in [0.1, 0.15) is 24.2 Å². The number of benzene rings is 2. The van der Waals surface area contributed by atoms with Gasteiger partial charge in [0.15, 0.2) is 5.60 Å². The van der Waals surface area contributed by atoms with Crippen LogP contribution in [-0.2, 0) is 20.8 Å². The molecule has 3 aromatic rings. The van der Waals surface area contributed by atoms with Gasteiger partial charge >= 0.3 is 17.9 Å². The molecule has 0 bridgehead atoms. The van der Waals surface area contributed by atoms with Gasteiger partial charge in [0, 0.05) is 6.42 Å². The van der Waals surface area contributed by atoms with Gasteiger partial charge in [-0.25, -0.2) is 9.78 Å². The van der Waals surface area contributed by atoms with Gasteiger partial charge in [-0.05, 0) is 17.7 Å². The summed E-state index contributed by atoms with van der Waals surface area (Å²) in [5.41, 5.74) is 0.681. The zero-order valence-corrected chi connectivity index (χ0v) is 15.3. The number of nitrogens with one attached hydrogen (secondary N) is 1. The molecule has 0 atom stereocenters. The van der Waals surface area contributed by atoms with Gasteiger partial charge in [0.25, 0.3) is 0 Å². The highest BCUT2D eigenvalue weighted by atomic mass is 16.4. The van der Waals surface area contributed by atoms with Crippen LogP contribution in [0, 0.1) is 0 Å². The lowest BCUT2D eigenvalue weighted by atomic mass is 9.96. The Morgan fingerprint density at radius 3 is 1.93 bits per heavy atom. The third-order valence-electron chi connectivity index (χ3n) is 3.94. The first-order valence-electron chi connectivity index (χ1n) is 8.56. The number of fused-ring (bicyclic) bond motifs is 1. The van der Waals surface area contributed by atoms with E-state index in [1.807, 2.05) is 24.3 Å². The second-order valence-corrected chi connectivity index (χ2v) is 6.34. The summed E-state index contributed by atoms with van der Waals surface area (Å²) in [5, 5.41) is 33.8. The fourth-order valence-corrected chi connectivity index (χ4v) is 2.59. The number of H-pyrrole nitrogens is 1. The first-order valence-corrected chi connectivity index (χ1v) is 8.56. The van der Waals surface area contributed by atoms with E-state index >= 15 is 0 Å². The number of hydrogen-bond donors (Lipinski definition) is 5. The van der Waals surface area contributed by atoms with Crippen LogP contribution in [0.25, 0.3) is 11.0 Å². The molecule has 0 saturated carbocycles. The Kier molecular flexibility index (Phi) is 7.05. The number of imidazole rings is 1.